The molecule has 4 nitrogen and oxygen atoms in total. The molecule has 0 saturated heterocycles. The molecular formula is C72H62BN3OS2. The van der Waals surface area contributed by atoms with Crippen molar-refractivity contribution in [2.45, 2.75) is 103 Å². The molecule has 0 saturated carbocycles. The van der Waals surface area contributed by atoms with E-state index in [4.69, 9.17) is 4.74 Å². The fraction of sp³-hybridized carbons (Fsp3) is 0.222. The number of benzene rings is 9. The summed E-state index contributed by atoms with van der Waals surface area (Å²) in [5.41, 5.74) is 21.4. The quantitative estimate of drug-likeness (QED) is 0.164. The Labute approximate surface area is 472 Å². The topological polar surface area (TPSA) is 19.0 Å². The lowest BCUT2D eigenvalue weighted by Crippen LogP contribution is -2.60. The number of fused-ring (bicyclic) bond motifs is 15. The van der Waals surface area contributed by atoms with E-state index in [0.717, 1.165) is 52.8 Å². The van der Waals surface area contributed by atoms with Crippen LogP contribution in [0.2, 0.25) is 0 Å². The second-order valence-electron chi connectivity index (χ2n) is 25.8. The van der Waals surface area contributed by atoms with Crippen LogP contribution >= 0.6 is 22.7 Å². The standard InChI is InChI=1S/C72H62BN3OS2/c1-69(2)32-33-70(3,4)52-36-43(26-29-51(52)69)44-37-59-66-60(38-44)76-57-22-14-16-24-62(57)77-61-23-15-13-21-56(61)74(45-18-10-9-11-19-45)47-27-30-55(58(76)40-47)73(66)68-67(50-41-53-54(42-65(50)79-68)72(7,8)35-34-71(53,5)6)75(59)46-28-31-64-49(39-46)48-20-12-17-25-63(48)78-64/h9-31,36-42H,32-35H2,1-8H3. The minimum absolute atomic E-state index is 0.0347. The van der Waals surface area contributed by atoms with Gasteiger partial charge in [-0.2, -0.15) is 0 Å². The number of nitrogens with zero attached hydrogens (tertiary/aromatic N) is 3. The Hall–Kier alpha value is -7.58. The summed E-state index contributed by atoms with van der Waals surface area (Å²) < 4.78 is 12.7. The summed E-state index contributed by atoms with van der Waals surface area (Å²) >= 11 is 3.91. The van der Waals surface area contributed by atoms with Crippen LogP contribution in [0.5, 0.6) is 11.5 Å². The van der Waals surface area contributed by atoms with Gasteiger partial charge in [-0.3, -0.25) is 0 Å². The molecular weight excluding hydrogens is 998 g/mol. The first-order valence-corrected chi connectivity index (χ1v) is 30.1. The third-order valence-electron chi connectivity index (χ3n) is 19.1. The summed E-state index contributed by atoms with van der Waals surface area (Å²) in [5, 5.41) is 3.95. The van der Waals surface area contributed by atoms with E-state index in [0.29, 0.717) is 0 Å². The van der Waals surface area contributed by atoms with E-state index < -0.39 is 0 Å². The Morgan fingerprint density at radius 1 is 0.380 bits per heavy atom. The smallest absolute Gasteiger partial charge is 0.264 e. The monoisotopic (exact) mass is 1060 g/mol. The summed E-state index contributed by atoms with van der Waals surface area (Å²) in [5.74, 6) is 1.60. The van der Waals surface area contributed by atoms with Crippen LogP contribution in [0.3, 0.4) is 0 Å². The van der Waals surface area contributed by atoms with Crippen LogP contribution in [-0.4, -0.2) is 6.71 Å². The van der Waals surface area contributed by atoms with Gasteiger partial charge < -0.3 is 19.4 Å². The molecule has 0 N–H and O–H groups in total. The van der Waals surface area contributed by atoms with E-state index in [9.17, 15) is 0 Å². The van der Waals surface area contributed by atoms with Crippen molar-refractivity contribution in [3.8, 4) is 22.6 Å². The molecule has 5 heterocycles. The number of para-hydroxylation sites is 5. The van der Waals surface area contributed by atoms with Gasteiger partial charge in [0, 0.05) is 69.2 Å². The van der Waals surface area contributed by atoms with Gasteiger partial charge >= 0.3 is 0 Å². The Kier molecular flexibility index (Phi) is 9.91. The number of rotatable bonds is 3. The van der Waals surface area contributed by atoms with E-state index in [1.165, 1.54) is 115 Å². The van der Waals surface area contributed by atoms with Crippen molar-refractivity contribution in [3.63, 3.8) is 0 Å². The Balaban J connectivity index is 1.05. The normalized spacial score (nSPS) is 17.6. The van der Waals surface area contributed by atoms with Crippen molar-refractivity contribution < 1.29 is 4.74 Å². The van der Waals surface area contributed by atoms with Gasteiger partial charge in [0.25, 0.3) is 6.71 Å². The van der Waals surface area contributed by atoms with Gasteiger partial charge in [-0.15, -0.1) is 22.7 Å². The lowest BCUT2D eigenvalue weighted by Gasteiger charge is -2.44. The van der Waals surface area contributed by atoms with Crippen molar-refractivity contribution >= 4 is 127 Å². The maximum Gasteiger partial charge on any atom is 0.264 e. The Bertz CT molecular complexity index is 4410. The highest BCUT2D eigenvalue weighted by Gasteiger charge is 2.48. The first-order chi connectivity index (χ1) is 38.1. The molecule has 0 atom stereocenters. The summed E-state index contributed by atoms with van der Waals surface area (Å²) in [4.78, 5) is 7.64. The molecule has 2 aromatic heterocycles. The largest absolute Gasteiger partial charge is 0.453 e. The molecule has 2 bridgehead atoms. The van der Waals surface area contributed by atoms with Crippen LogP contribution in [0.4, 0.5) is 51.2 Å². The van der Waals surface area contributed by atoms with Crippen LogP contribution in [-0.2, 0) is 21.7 Å². The van der Waals surface area contributed by atoms with Crippen molar-refractivity contribution in [3.05, 3.63) is 204 Å². The maximum absolute atomic E-state index is 7.33. The highest BCUT2D eigenvalue weighted by atomic mass is 32.1. The summed E-state index contributed by atoms with van der Waals surface area (Å²) in [6, 6.07) is 69.4. The van der Waals surface area contributed by atoms with Crippen molar-refractivity contribution in [2.75, 3.05) is 14.7 Å². The van der Waals surface area contributed by atoms with Crippen LogP contribution < -0.4 is 35.1 Å². The van der Waals surface area contributed by atoms with E-state index in [1.54, 1.807) is 0 Å². The maximum atomic E-state index is 7.33. The highest BCUT2D eigenvalue weighted by Crippen LogP contribution is 2.56. The van der Waals surface area contributed by atoms with Crippen molar-refractivity contribution in [1.82, 2.24) is 0 Å². The van der Waals surface area contributed by atoms with Crippen molar-refractivity contribution in [1.29, 1.82) is 0 Å². The minimum Gasteiger partial charge on any atom is -0.453 e. The van der Waals surface area contributed by atoms with E-state index in [1.807, 2.05) is 22.7 Å². The van der Waals surface area contributed by atoms with Gasteiger partial charge in [0.2, 0.25) is 0 Å². The van der Waals surface area contributed by atoms with E-state index >= 15 is 0 Å². The third-order valence-corrected chi connectivity index (χ3v) is 21.5. The molecule has 386 valence electrons. The zero-order chi connectivity index (χ0) is 53.5. The zero-order valence-electron chi connectivity index (χ0n) is 46.3. The second kappa shape index (κ2) is 16.5. The van der Waals surface area contributed by atoms with Gasteiger partial charge in [0.1, 0.15) is 0 Å². The molecule has 5 aliphatic rings. The molecule has 9 aromatic carbocycles. The molecule has 16 rings (SSSR count). The van der Waals surface area contributed by atoms with Crippen LogP contribution in [0, 0.1) is 0 Å². The molecule has 0 fully saturated rings. The van der Waals surface area contributed by atoms with Gasteiger partial charge in [-0.1, -0.05) is 140 Å². The second-order valence-corrected chi connectivity index (χ2v) is 27.9. The third kappa shape index (κ3) is 6.91. The minimum atomic E-state index is -0.0662. The van der Waals surface area contributed by atoms with Crippen molar-refractivity contribution in [2.24, 2.45) is 0 Å². The van der Waals surface area contributed by atoms with Gasteiger partial charge in [0.05, 0.1) is 17.1 Å². The van der Waals surface area contributed by atoms with Gasteiger partial charge in [-0.05, 0) is 189 Å². The number of thiophene rings is 2. The predicted octanol–water partition coefficient (Wildman–Crippen LogP) is 19.3. The average molecular weight is 1060 g/mol. The number of anilines is 9. The van der Waals surface area contributed by atoms with E-state index in [-0.39, 0.29) is 28.4 Å². The van der Waals surface area contributed by atoms with E-state index in [2.05, 4.69) is 252 Å². The molecule has 0 spiro atoms. The fourth-order valence-electron chi connectivity index (χ4n) is 14.6. The molecule has 7 heteroatoms. The molecule has 0 amide bonds. The molecule has 0 unspecified atom stereocenters. The summed E-state index contributed by atoms with van der Waals surface area (Å²) in [6.07, 6.45) is 4.65. The SMILES string of the molecule is CC1(C)CCC(C)(C)c2cc(-c3cc4c5c(c3)N(c3ccc6sc7ccccc7c6c3)c3c(sc6cc7c(cc36)C(C)(C)CCC7(C)C)B5c3ccc5cc3N4c3ccccc3Oc3ccccc3N5c3ccccc3)ccc21. The fourth-order valence-corrected chi connectivity index (χ4v) is 17.0. The lowest BCUT2D eigenvalue weighted by molar-refractivity contribution is 0.332. The molecule has 0 radical (unpaired) electrons. The Morgan fingerprint density at radius 2 is 0.962 bits per heavy atom. The zero-order valence-corrected chi connectivity index (χ0v) is 47.9. The van der Waals surface area contributed by atoms with Gasteiger partial charge in [0.15, 0.2) is 11.5 Å². The van der Waals surface area contributed by atoms with Crippen LogP contribution in [0.1, 0.15) is 103 Å². The lowest BCUT2D eigenvalue weighted by atomic mass is 9.36. The first kappa shape index (κ1) is 47.4. The molecule has 11 aromatic rings. The molecule has 79 heavy (non-hydrogen) atoms. The number of hydrogen-bond acceptors (Lipinski definition) is 6. The Morgan fingerprint density at radius 3 is 1.70 bits per heavy atom. The first-order valence-electron chi connectivity index (χ1n) is 28.4. The van der Waals surface area contributed by atoms with Crippen LogP contribution in [0.25, 0.3) is 41.4 Å². The van der Waals surface area contributed by atoms with Gasteiger partial charge in [-0.25, -0.2) is 0 Å². The molecule has 3 aliphatic heterocycles. The summed E-state index contributed by atoms with van der Waals surface area (Å²) in [6.45, 7) is 19.6. The average Bonchev–Trinajstić information content (AvgIpc) is 4.25. The van der Waals surface area contributed by atoms with Crippen LogP contribution in [0.15, 0.2) is 182 Å². The predicted molar refractivity (Wildman–Crippen MR) is 340 cm³/mol. The molecule has 2 aliphatic carbocycles. The number of ether oxygens (including phenoxy) is 1. The highest BCUT2D eigenvalue weighted by molar-refractivity contribution is 7.33. The summed E-state index contributed by atoms with van der Waals surface area (Å²) in [7, 11) is 0. The number of hydrogen-bond donors (Lipinski definition) is 0.